The van der Waals surface area contributed by atoms with Crippen LogP contribution in [0, 0.1) is 5.92 Å². The molecule has 402 valence electrons. The van der Waals surface area contributed by atoms with Crippen molar-refractivity contribution in [3.8, 4) is 33.6 Å². The molecule has 14 nitrogen and oxygen atoms in total. The van der Waals surface area contributed by atoms with E-state index < -0.39 is 17.8 Å². The molecule has 2 aliphatic heterocycles. The number of amides is 2. The maximum absolute atomic E-state index is 12.5. The van der Waals surface area contributed by atoms with E-state index in [4.69, 9.17) is 4.79 Å². The molecule has 8 rings (SSSR count). The van der Waals surface area contributed by atoms with Gasteiger partial charge in [0.05, 0.1) is 61.1 Å². The van der Waals surface area contributed by atoms with Crippen LogP contribution in [-0.2, 0) is 34.8 Å². The smallest absolute Gasteiger partial charge is 0.416 e. The van der Waals surface area contributed by atoms with Gasteiger partial charge in [0.1, 0.15) is 17.9 Å². The van der Waals surface area contributed by atoms with Crippen molar-refractivity contribution < 1.29 is 41.8 Å². The van der Waals surface area contributed by atoms with Crippen LogP contribution in [0.3, 0.4) is 0 Å². The second-order valence-electron chi connectivity index (χ2n) is 18.0. The standard InChI is InChI=1S/C34H35N7O2.C10H10F3NO.C6H14.C3H8.C2H4O2.C2H6O/c1-40-14-2-4-30(40)33-36-18-28(38-33)23-8-6-22(7-9-23)24-10-11-26-17-27(13-12-25(26)16-24)29-19-37-34(39-29)31-5-3-15-41(31)32(43)20-35-21-42;1-14-9(6-15)7-3-2-4-8(5-7)10(11,12)13;1-4-6(3)5-2;1-3-2;1-4-2-3;1-3-2/h6-13,16-19,21,30-31H,2-5,14-15,20H2,1H3,(H,35,42)(H,36,38)(H,37,39);2-6,9,14H,1H3;6H,4-5H2,1-3H3;3H2,1-2H3;2H,1H3;1-2H3. The second-order valence-corrected chi connectivity index (χ2v) is 18.0. The number of carbonyl (C=O) groups excluding carboxylic acids is 4. The maximum atomic E-state index is 12.5. The van der Waals surface area contributed by atoms with E-state index in [1.165, 1.54) is 68.5 Å². The molecule has 0 bridgehead atoms. The summed E-state index contributed by atoms with van der Waals surface area (Å²) >= 11 is 0. The first-order valence-electron chi connectivity index (χ1n) is 25.2. The van der Waals surface area contributed by atoms with Crippen molar-refractivity contribution >= 4 is 35.8 Å². The van der Waals surface area contributed by atoms with Crippen molar-refractivity contribution in [1.29, 1.82) is 0 Å². The zero-order valence-electron chi connectivity index (χ0n) is 44.7. The molecular formula is C57H77F3N8O6. The van der Waals surface area contributed by atoms with Crippen LogP contribution in [0.1, 0.15) is 120 Å². The van der Waals surface area contributed by atoms with Crippen LogP contribution < -0.4 is 10.6 Å². The largest absolute Gasteiger partial charge is 0.471 e. The van der Waals surface area contributed by atoms with Gasteiger partial charge in [-0.1, -0.05) is 115 Å². The average molecular weight is 1030 g/mol. The summed E-state index contributed by atoms with van der Waals surface area (Å²) in [5.74, 6) is 2.68. The summed E-state index contributed by atoms with van der Waals surface area (Å²) in [5, 5.41) is 7.40. The third-order valence-corrected chi connectivity index (χ3v) is 12.4. The molecule has 3 atom stereocenters. The number of hydrogen-bond donors (Lipinski definition) is 4. The number of hydrogen-bond acceptors (Lipinski definition) is 10. The van der Waals surface area contributed by atoms with Crippen molar-refractivity contribution in [1.82, 2.24) is 40.4 Å². The Balaban J connectivity index is 0.000000381. The van der Waals surface area contributed by atoms with E-state index in [0.29, 0.717) is 37.3 Å². The van der Waals surface area contributed by atoms with Crippen molar-refractivity contribution in [2.24, 2.45) is 5.92 Å². The minimum atomic E-state index is -4.38. The highest BCUT2D eigenvalue weighted by Gasteiger charge is 2.32. The molecule has 0 spiro atoms. The zero-order valence-corrected chi connectivity index (χ0v) is 44.7. The number of nitrogens with one attached hydrogen (secondary N) is 4. The van der Waals surface area contributed by atoms with Gasteiger partial charge in [0.2, 0.25) is 12.3 Å². The molecule has 2 fully saturated rings. The molecule has 0 aliphatic carbocycles. The monoisotopic (exact) mass is 1030 g/mol. The normalized spacial score (nSPS) is 15.3. The fourth-order valence-electron chi connectivity index (χ4n) is 8.09. The fraction of sp³-hybridized carbons (Fsp3) is 0.439. The van der Waals surface area contributed by atoms with Gasteiger partial charge in [-0.3, -0.25) is 19.3 Å². The lowest BCUT2D eigenvalue weighted by atomic mass is 9.98. The van der Waals surface area contributed by atoms with E-state index in [1.54, 1.807) is 19.1 Å². The Kier molecular flexibility index (Phi) is 27.0. The number of fused-ring (bicyclic) bond motifs is 1. The van der Waals surface area contributed by atoms with E-state index in [2.05, 4.69) is 147 Å². The van der Waals surface area contributed by atoms with Gasteiger partial charge in [-0.05, 0) is 110 Å². The number of likely N-dealkylation sites (N-methyl/N-ethyl adjacent to an activating group) is 1. The van der Waals surface area contributed by atoms with Crippen molar-refractivity contribution in [3.05, 3.63) is 120 Å². The number of rotatable bonds is 14. The van der Waals surface area contributed by atoms with E-state index in [9.17, 15) is 27.6 Å². The number of halogens is 3. The summed E-state index contributed by atoms with van der Waals surface area (Å²) in [7, 11) is 8.24. The summed E-state index contributed by atoms with van der Waals surface area (Å²) in [6.07, 6.45) is 8.57. The van der Waals surface area contributed by atoms with Crippen molar-refractivity contribution in [3.63, 3.8) is 0 Å². The molecule has 2 amide bonds. The molecule has 2 aromatic heterocycles. The van der Waals surface area contributed by atoms with Gasteiger partial charge in [-0.25, -0.2) is 9.97 Å². The number of aldehydes is 1. The fourth-order valence-corrected chi connectivity index (χ4v) is 8.09. The molecule has 3 unspecified atom stereocenters. The summed E-state index contributed by atoms with van der Waals surface area (Å²) < 4.78 is 45.1. The van der Waals surface area contributed by atoms with Crippen LogP contribution in [0.2, 0.25) is 0 Å². The number of imidazole rings is 2. The van der Waals surface area contributed by atoms with Crippen LogP contribution in [0.15, 0.2) is 97.3 Å². The minimum absolute atomic E-state index is 0.00779. The van der Waals surface area contributed by atoms with Crippen molar-refractivity contribution in [2.75, 3.05) is 55.1 Å². The highest BCUT2D eigenvalue weighted by molar-refractivity contribution is 5.90. The number of likely N-dealkylation sites (tertiary alicyclic amines) is 2. The van der Waals surface area contributed by atoms with E-state index >= 15 is 0 Å². The Bertz CT molecular complexity index is 2580. The Morgan fingerprint density at radius 3 is 1.78 bits per heavy atom. The quantitative estimate of drug-likeness (QED) is 0.0769. The van der Waals surface area contributed by atoms with Gasteiger partial charge < -0.3 is 39.8 Å². The predicted octanol–water partition coefficient (Wildman–Crippen LogP) is 11.5. The number of methoxy groups -OCH3 is 2. The molecule has 4 heterocycles. The van der Waals surface area contributed by atoms with Crippen LogP contribution in [0.4, 0.5) is 13.2 Å². The number of nitrogens with zero attached hydrogens (tertiary/aromatic N) is 4. The highest BCUT2D eigenvalue weighted by Crippen LogP contribution is 2.35. The summed E-state index contributed by atoms with van der Waals surface area (Å²) in [4.78, 5) is 63.1. The van der Waals surface area contributed by atoms with Gasteiger partial charge in [0.25, 0.3) is 6.47 Å². The Hall–Kier alpha value is -6.69. The van der Waals surface area contributed by atoms with Crippen molar-refractivity contribution in [2.45, 2.75) is 104 Å². The van der Waals surface area contributed by atoms with Gasteiger partial charge in [0.15, 0.2) is 0 Å². The van der Waals surface area contributed by atoms with E-state index in [0.717, 1.165) is 83.4 Å². The molecular weight excluding hydrogens is 950 g/mol. The lowest BCUT2D eigenvalue weighted by molar-refractivity contribution is -0.137. The second kappa shape index (κ2) is 32.5. The van der Waals surface area contributed by atoms with E-state index in [1.807, 2.05) is 12.4 Å². The van der Waals surface area contributed by atoms with Crippen LogP contribution in [0.5, 0.6) is 0 Å². The van der Waals surface area contributed by atoms with Crippen LogP contribution in [-0.4, -0.2) is 110 Å². The molecule has 74 heavy (non-hydrogen) atoms. The molecule has 17 heteroatoms. The lowest BCUT2D eigenvalue weighted by Crippen LogP contribution is -2.37. The molecule has 2 aliphatic rings. The number of aromatic nitrogens is 4. The minimum Gasteiger partial charge on any atom is -0.471 e. The number of benzene rings is 4. The maximum Gasteiger partial charge on any atom is 0.416 e. The number of alkyl halides is 3. The van der Waals surface area contributed by atoms with Gasteiger partial charge in [0, 0.05) is 26.3 Å². The first-order valence-corrected chi connectivity index (χ1v) is 25.2. The first kappa shape index (κ1) is 61.6. The van der Waals surface area contributed by atoms with Crippen LogP contribution >= 0.6 is 0 Å². The Labute approximate surface area is 435 Å². The Morgan fingerprint density at radius 1 is 0.770 bits per heavy atom. The lowest BCUT2D eigenvalue weighted by Gasteiger charge is -2.23. The van der Waals surface area contributed by atoms with Gasteiger partial charge in [-0.2, -0.15) is 13.2 Å². The molecule has 4 aromatic carbocycles. The first-order chi connectivity index (χ1) is 35.6. The zero-order chi connectivity index (χ0) is 54.6. The molecule has 6 aromatic rings. The van der Waals surface area contributed by atoms with Crippen LogP contribution in [0.25, 0.3) is 44.4 Å². The number of carbonyl (C=O) groups is 4. The van der Waals surface area contributed by atoms with Gasteiger partial charge >= 0.3 is 6.18 Å². The highest BCUT2D eigenvalue weighted by atomic mass is 19.4. The molecule has 0 saturated carbocycles. The third kappa shape index (κ3) is 18.7. The third-order valence-electron chi connectivity index (χ3n) is 12.4. The number of H-pyrrole nitrogens is 2. The summed E-state index contributed by atoms with van der Waals surface area (Å²) in [6.45, 7) is 13.2. The predicted molar refractivity (Wildman–Crippen MR) is 288 cm³/mol. The molecule has 4 N–H and O–H groups in total. The summed E-state index contributed by atoms with van der Waals surface area (Å²) in [5.41, 5.74) is 6.05. The molecule has 2 saturated heterocycles. The Morgan fingerprint density at radius 2 is 1.28 bits per heavy atom. The van der Waals surface area contributed by atoms with Gasteiger partial charge in [-0.15, -0.1) is 0 Å². The number of aromatic amines is 2. The topological polar surface area (TPSA) is 175 Å². The summed E-state index contributed by atoms with van der Waals surface area (Å²) in [6, 6.07) is 25.9. The van der Waals surface area contributed by atoms with E-state index in [-0.39, 0.29) is 18.5 Å². The molecule has 0 radical (unpaired) electrons. The number of ether oxygens (including phenoxy) is 2. The SMILES string of the molecule is CCC.CCC(C)CC.CN1CCCC1c1ncc(-c2ccc(-c3ccc4cc(-c5cnc(C6CCCN6C(=O)CNC=O)[nH]5)ccc4c3)cc2)[nH]1.CNC(C=O)c1cccc(C(F)(F)F)c1.COC.COC=O. The average Bonchev–Trinajstić information content (AvgIpc) is 4.27.